The van der Waals surface area contributed by atoms with Gasteiger partial charge in [0, 0.05) is 22.0 Å². The molecule has 3 aliphatic rings. The van der Waals surface area contributed by atoms with Crippen LogP contribution in [0, 0.1) is 11.3 Å². The Labute approximate surface area is 227 Å². The van der Waals surface area contributed by atoms with Crippen molar-refractivity contribution < 1.29 is 23.1 Å². The van der Waals surface area contributed by atoms with Gasteiger partial charge in [0.25, 0.3) is 0 Å². The number of hydrogen-bond acceptors (Lipinski definition) is 4. The lowest BCUT2D eigenvalue weighted by molar-refractivity contribution is -0.147. The fourth-order valence-electron chi connectivity index (χ4n) is 6.25. The number of hydrogen-bond donors (Lipinski definition) is 2. The minimum atomic E-state index is -3.59. The zero-order chi connectivity index (χ0) is 26.6. The standard InChI is InChI=1S/C28H31Cl2NO5S/c1-27(16-25(32)33)14-23(17-3-2-4-21(30)13-17)24(31-26(27)34)15-28(18-5-6-18,37(35,36)22-11-12-22)19-7-9-20(29)10-8-19/h2-4,7-10,13,18,22-24H,5-6,11-12,14-16H2,1H3,(H,31,34)(H,32,33)/t23-,24+,27+,28+/m1/s1. The Morgan fingerprint density at radius 2 is 1.76 bits per heavy atom. The maximum Gasteiger partial charge on any atom is 0.304 e. The molecule has 0 radical (unpaired) electrons. The van der Waals surface area contributed by atoms with Crippen molar-refractivity contribution in [1.82, 2.24) is 5.32 Å². The van der Waals surface area contributed by atoms with Crippen LogP contribution in [0.4, 0.5) is 0 Å². The fourth-order valence-corrected chi connectivity index (χ4v) is 9.50. The molecular formula is C28H31Cl2NO5S. The van der Waals surface area contributed by atoms with E-state index in [2.05, 4.69) is 5.32 Å². The van der Waals surface area contributed by atoms with Crippen molar-refractivity contribution in [3.63, 3.8) is 0 Å². The molecule has 4 atom stereocenters. The minimum absolute atomic E-state index is 0.0523. The van der Waals surface area contributed by atoms with Gasteiger partial charge in [0.1, 0.15) is 4.75 Å². The number of nitrogens with one attached hydrogen (secondary N) is 1. The van der Waals surface area contributed by atoms with Crippen molar-refractivity contribution in [2.24, 2.45) is 11.3 Å². The molecule has 198 valence electrons. The highest BCUT2D eigenvalue weighted by Crippen LogP contribution is 2.58. The van der Waals surface area contributed by atoms with Gasteiger partial charge in [-0.15, -0.1) is 0 Å². The molecule has 3 fully saturated rings. The Bertz CT molecular complexity index is 1320. The van der Waals surface area contributed by atoms with E-state index in [0.29, 0.717) is 28.5 Å². The van der Waals surface area contributed by atoms with E-state index in [-0.39, 0.29) is 42.3 Å². The summed E-state index contributed by atoms with van der Waals surface area (Å²) in [6.07, 6.45) is 3.08. The van der Waals surface area contributed by atoms with Crippen molar-refractivity contribution in [1.29, 1.82) is 0 Å². The van der Waals surface area contributed by atoms with Crippen LogP contribution in [0.15, 0.2) is 48.5 Å². The van der Waals surface area contributed by atoms with Gasteiger partial charge in [0.15, 0.2) is 9.84 Å². The van der Waals surface area contributed by atoms with Gasteiger partial charge < -0.3 is 10.4 Å². The summed E-state index contributed by atoms with van der Waals surface area (Å²) in [5.41, 5.74) is 0.440. The van der Waals surface area contributed by atoms with Crippen LogP contribution in [0.1, 0.15) is 68.9 Å². The first kappa shape index (κ1) is 26.5. The second-order valence-corrected chi connectivity index (χ2v) is 14.6. The molecule has 0 unspecified atom stereocenters. The molecule has 0 aromatic heterocycles. The summed E-state index contributed by atoms with van der Waals surface area (Å²) in [7, 11) is -3.59. The van der Waals surface area contributed by atoms with E-state index in [0.717, 1.165) is 18.4 Å². The second-order valence-electron chi connectivity index (χ2n) is 11.2. The van der Waals surface area contributed by atoms with Crippen molar-refractivity contribution >= 4 is 44.9 Å². The van der Waals surface area contributed by atoms with Crippen LogP contribution in [0.2, 0.25) is 10.0 Å². The highest BCUT2D eigenvalue weighted by Gasteiger charge is 2.61. The van der Waals surface area contributed by atoms with Crippen molar-refractivity contribution in [2.45, 2.75) is 73.8 Å². The maximum absolute atomic E-state index is 14.3. The lowest BCUT2D eigenvalue weighted by Crippen LogP contribution is -2.57. The number of benzene rings is 2. The van der Waals surface area contributed by atoms with Crippen LogP contribution in [-0.2, 0) is 24.2 Å². The Morgan fingerprint density at radius 3 is 2.32 bits per heavy atom. The number of aliphatic carboxylic acids is 1. The van der Waals surface area contributed by atoms with Crippen LogP contribution in [0.25, 0.3) is 0 Å². The first-order valence-electron chi connectivity index (χ1n) is 12.7. The molecular weight excluding hydrogens is 533 g/mol. The third kappa shape index (κ3) is 4.90. The Hall–Kier alpha value is -2.09. The van der Waals surface area contributed by atoms with Crippen LogP contribution >= 0.6 is 23.2 Å². The predicted octanol–water partition coefficient (Wildman–Crippen LogP) is 5.72. The number of halogens is 2. The van der Waals surface area contributed by atoms with Crippen LogP contribution < -0.4 is 5.32 Å². The number of sulfone groups is 1. The van der Waals surface area contributed by atoms with Gasteiger partial charge >= 0.3 is 5.97 Å². The van der Waals surface area contributed by atoms with Gasteiger partial charge in [-0.2, -0.15) is 0 Å². The molecule has 0 bridgehead atoms. The summed E-state index contributed by atoms with van der Waals surface area (Å²) in [6, 6.07) is 13.9. The Kier molecular flexibility index (Phi) is 6.87. The monoisotopic (exact) mass is 563 g/mol. The summed E-state index contributed by atoms with van der Waals surface area (Å²) >= 11 is 12.5. The molecule has 5 rings (SSSR count). The van der Waals surface area contributed by atoms with Crippen molar-refractivity contribution in [3.8, 4) is 0 Å². The van der Waals surface area contributed by atoms with E-state index in [9.17, 15) is 23.1 Å². The summed E-state index contributed by atoms with van der Waals surface area (Å²) in [5, 5.41) is 13.3. The van der Waals surface area contributed by atoms with E-state index < -0.39 is 32.0 Å². The van der Waals surface area contributed by atoms with Crippen molar-refractivity contribution in [2.75, 3.05) is 0 Å². The largest absolute Gasteiger partial charge is 0.481 e. The first-order chi connectivity index (χ1) is 17.5. The van der Waals surface area contributed by atoms with Gasteiger partial charge in [-0.05, 0) is 79.8 Å². The fraction of sp³-hybridized carbons (Fsp3) is 0.500. The molecule has 0 spiro atoms. The summed E-state index contributed by atoms with van der Waals surface area (Å²) in [5.74, 6) is -1.77. The number of carbonyl (C=O) groups is 2. The molecule has 1 amide bonds. The third-order valence-corrected chi connectivity index (χ3v) is 12.0. The lowest BCUT2D eigenvalue weighted by Gasteiger charge is -2.46. The highest BCUT2D eigenvalue weighted by atomic mass is 35.5. The van der Waals surface area contributed by atoms with Crippen LogP contribution in [0.3, 0.4) is 0 Å². The van der Waals surface area contributed by atoms with E-state index in [4.69, 9.17) is 23.2 Å². The second kappa shape index (κ2) is 9.58. The molecule has 9 heteroatoms. The highest BCUT2D eigenvalue weighted by molar-refractivity contribution is 7.93. The number of piperidine rings is 1. The maximum atomic E-state index is 14.3. The zero-order valence-electron chi connectivity index (χ0n) is 20.6. The molecule has 2 aromatic rings. The molecule has 1 saturated heterocycles. The number of rotatable bonds is 9. The van der Waals surface area contributed by atoms with E-state index >= 15 is 0 Å². The van der Waals surface area contributed by atoms with Gasteiger partial charge in [-0.25, -0.2) is 8.42 Å². The number of carbonyl (C=O) groups excluding carboxylic acids is 1. The molecule has 2 saturated carbocycles. The normalized spacial score (nSPS) is 27.8. The third-order valence-electron chi connectivity index (χ3n) is 8.40. The summed E-state index contributed by atoms with van der Waals surface area (Å²) < 4.78 is 27.4. The van der Waals surface area contributed by atoms with Gasteiger partial charge in [0.05, 0.1) is 17.1 Å². The van der Waals surface area contributed by atoms with Crippen LogP contribution in [-0.4, -0.2) is 36.7 Å². The molecule has 2 aromatic carbocycles. The molecule has 1 heterocycles. The average Bonchev–Trinajstić information content (AvgIpc) is 3.73. The Balaban J connectivity index is 1.62. The SMILES string of the molecule is C[C@@]1(CC(=O)O)C[C@H](c2cccc(Cl)c2)[C@H](C[C@@](c2ccc(Cl)cc2)(C2CC2)S(=O)(=O)C2CC2)NC1=O. The molecule has 6 nitrogen and oxygen atoms in total. The zero-order valence-corrected chi connectivity index (χ0v) is 23.0. The number of carboxylic acid groups (broad SMARTS) is 1. The number of carboxylic acids is 1. The Morgan fingerprint density at radius 1 is 1.08 bits per heavy atom. The molecule has 37 heavy (non-hydrogen) atoms. The lowest BCUT2D eigenvalue weighted by atomic mass is 9.67. The topological polar surface area (TPSA) is 101 Å². The minimum Gasteiger partial charge on any atom is -0.481 e. The van der Waals surface area contributed by atoms with Gasteiger partial charge in [0.2, 0.25) is 5.91 Å². The smallest absolute Gasteiger partial charge is 0.304 e. The van der Waals surface area contributed by atoms with Gasteiger partial charge in [-0.3, -0.25) is 9.59 Å². The van der Waals surface area contributed by atoms with Crippen molar-refractivity contribution in [3.05, 3.63) is 69.7 Å². The average molecular weight is 565 g/mol. The van der Waals surface area contributed by atoms with Gasteiger partial charge in [-0.1, -0.05) is 54.4 Å². The molecule has 2 aliphatic carbocycles. The summed E-state index contributed by atoms with van der Waals surface area (Å²) in [4.78, 5) is 25.0. The molecule has 1 aliphatic heterocycles. The summed E-state index contributed by atoms with van der Waals surface area (Å²) in [6.45, 7) is 1.67. The van der Waals surface area contributed by atoms with E-state index in [1.807, 2.05) is 30.3 Å². The van der Waals surface area contributed by atoms with E-state index in [1.165, 1.54) is 0 Å². The predicted molar refractivity (Wildman–Crippen MR) is 144 cm³/mol. The van der Waals surface area contributed by atoms with Crippen LogP contribution in [0.5, 0.6) is 0 Å². The number of amides is 1. The van der Waals surface area contributed by atoms with E-state index in [1.54, 1.807) is 25.1 Å². The first-order valence-corrected chi connectivity index (χ1v) is 15.0. The molecule has 2 N–H and O–H groups in total. The quantitative estimate of drug-likeness (QED) is 0.406.